The van der Waals surface area contributed by atoms with E-state index in [2.05, 4.69) is 15.6 Å². The van der Waals surface area contributed by atoms with Gasteiger partial charge in [-0.2, -0.15) is 0 Å². The van der Waals surface area contributed by atoms with Crippen molar-refractivity contribution < 1.29 is 43.0 Å². The lowest BCUT2D eigenvalue weighted by Crippen LogP contribution is -2.56. The number of nitrogens with zero attached hydrogens (tertiary/aromatic N) is 4. The molecule has 3 aliphatic carbocycles. The molecule has 5 aliphatic rings. The number of aryl methyl sites for hydroxylation is 1. The van der Waals surface area contributed by atoms with Gasteiger partial charge in [-0.15, -0.1) is 0 Å². The summed E-state index contributed by atoms with van der Waals surface area (Å²) in [6, 6.07) is 5.50. The Hall–Kier alpha value is -4.95. The second-order valence-electron chi connectivity index (χ2n) is 16.4. The van der Waals surface area contributed by atoms with Crippen LogP contribution in [0, 0.1) is 24.7 Å². The largest absolute Gasteiger partial charge is 0.483 e. The van der Waals surface area contributed by atoms with Crippen LogP contribution in [-0.4, -0.2) is 126 Å². The average molecular weight is 789 g/mol. The zero-order chi connectivity index (χ0) is 40.1. The van der Waals surface area contributed by atoms with Crippen molar-refractivity contribution in [2.75, 3.05) is 52.5 Å². The topological polar surface area (TPSA) is 177 Å². The number of hydrogen-bond donors (Lipinski definition) is 2. The van der Waals surface area contributed by atoms with Gasteiger partial charge >= 0.3 is 12.1 Å². The van der Waals surface area contributed by atoms with Gasteiger partial charge in [-0.05, 0) is 107 Å². The summed E-state index contributed by atoms with van der Waals surface area (Å²) < 4.78 is 16.9. The Morgan fingerprint density at radius 2 is 1.68 bits per heavy atom. The molecular weight excluding hydrogens is 732 g/mol. The number of fused-ring (bicyclic) bond motifs is 3. The minimum Gasteiger partial charge on any atom is -0.483 e. The number of esters is 1. The van der Waals surface area contributed by atoms with Gasteiger partial charge in [0.25, 0.3) is 11.8 Å². The van der Waals surface area contributed by atoms with Crippen LogP contribution in [0.3, 0.4) is 0 Å². The normalized spacial score (nSPS) is 23.5. The Kier molecular flexibility index (Phi) is 12.8. The number of pyridine rings is 1. The second kappa shape index (κ2) is 18.1. The molecule has 57 heavy (non-hydrogen) atoms. The Morgan fingerprint density at radius 3 is 2.39 bits per heavy atom. The van der Waals surface area contributed by atoms with E-state index in [-0.39, 0.29) is 87.4 Å². The summed E-state index contributed by atoms with van der Waals surface area (Å²) >= 11 is 0. The molecule has 15 heteroatoms. The molecule has 2 aliphatic heterocycles. The molecule has 15 nitrogen and oxygen atoms in total. The van der Waals surface area contributed by atoms with E-state index in [1.54, 1.807) is 22.8 Å². The van der Waals surface area contributed by atoms with Crippen molar-refractivity contribution >= 4 is 46.6 Å². The molecule has 0 spiro atoms. The van der Waals surface area contributed by atoms with Crippen molar-refractivity contribution in [3.8, 4) is 5.75 Å². The van der Waals surface area contributed by atoms with Crippen LogP contribution in [-0.2, 0) is 28.7 Å². The smallest absolute Gasteiger partial charge is 0.409 e. The molecule has 5 fully saturated rings. The third-order valence-electron chi connectivity index (χ3n) is 12.5. The number of amides is 5. The van der Waals surface area contributed by atoms with Crippen LogP contribution in [0.25, 0.3) is 10.9 Å². The van der Waals surface area contributed by atoms with Crippen molar-refractivity contribution in [1.82, 2.24) is 30.3 Å². The minimum absolute atomic E-state index is 0.00803. The number of hydrogen-bond acceptors (Lipinski definition) is 10. The average Bonchev–Trinajstić information content (AvgIpc) is 3.97. The third-order valence-corrected chi connectivity index (χ3v) is 12.5. The molecule has 1 aromatic carbocycles. The van der Waals surface area contributed by atoms with Gasteiger partial charge in [0.15, 0.2) is 6.61 Å². The zero-order valence-corrected chi connectivity index (χ0v) is 33.2. The van der Waals surface area contributed by atoms with E-state index in [9.17, 15) is 28.8 Å². The van der Waals surface area contributed by atoms with Crippen LogP contribution >= 0.6 is 0 Å². The Balaban J connectivity index is 1.04. The Labute approximate surface area is 333 Å². The molecule has 7 rings (SSSR count). The molecule has 4 unspecified atom stereocenters. The van der Waals surface area contributed by atoms with Gasteiger partial charge in [0.2, 0.25) is 11.8 Å². The number of nitrogens with one attached hydrogen (secondary N) is 2. The fourth-order valence-corrected chi connectivity index (χ4v) is 9.10. The fraction of sp³-hybridized carbons (Fsp3) is 0.643. The SMILES string of the molecule is CCOC(=O)N1CCN(C(=O)C(CCC(=O)OCC2C[C@H]3CCC2C3)NC(=O)c2cc(OCC(=O)N3CCCC3C(=O)NC3CCC3)c3ccc(C)cc3n2)CC1. The molecule has 5 atom stereocenters. The Morgan fingerprint density at radius 1 is 0.895 bits per heavy atom. The second-order valence-corrected chi connectivity index (χ2v) is 16.4. The van der Waals surface area contributed by atoms with Gasteiger partial charge in [-0.1, -0.05) is 12.5 Å². The first-order chi connectivity index (χ1) is 27.6. The standard InChI is InChI=1S/C42H56N6O9/c1-3-55-42(54)47-18-16-46(17-19-47)41(53)32(13-14-38(50)57-24-29-22-27-10-11-28(29)21-27)45-39(51)34-23-36(31-12-9-26(2)20-33(31)44-34)56-25-37(49)48-15-5-8-35(48)40(52)43-30-6-4-7-30/h9,12,20,23,27-30,32,35H,3-8,10-11,13-19,21-22,24-25H2,1-2H3,(H,43,52)(H,45,51)/t27-,28?,29?,32?,35?/m0/s1. The first kappa shape index (κ1) is 40.3. The maximum atomic E-state index is 14.0. The molecule has 308 valence electrons. The van der Waals surface area contributed by atoms with Gasteiger partial charge in [-0.3, -0.25) is 24.0 Å². The van der Waals surface area contributed by atoms with E-state index < -0.39 is 30.1 Å². The summed E-state index contributed by atoms with van der Waals surface area (Å²) in [6.07, 6.45) is 8.53. The number of carbonyl (C=O) groups is 6. The van der Waals surface area contributed by atoms with Crippen LogP contribution in [0.2, 0.25) is 0 Å². The summed E-state index contributed by atoms with van der Waals surface area (Å²) in [5.41, 5.74) is 1.33. The van der Waals surface area contributed by atoms with Gasteiger partial charge in [-0.25, -0.2) is 9.78 Å². The van der Waals surface area contributed by atoms with Crippen molar-refractivity contribution in [3.05, 3.63) is 35.5 Å². The summed E-state index contributed by atoms with van der Waals surface area (Å²) in [5, 5.41) is 6.49. The van der Waals surface area contributed by atoms with E-state index in [1.165, 1.54) is 30.2 Å². The first-order valence-electron chi connectivity index (χ1n) is 20.9. The molecule has 2 aromatic rings. The summed E-state index contributed by atoms with van der Waals surface area (Å²) in [7, 11) is 0. The lowest BCUT2D eigenvalue weighted by molar-refractivity contribution is -0.146. The highest BCUT2D eigenvalue weighted by Gasteiger charge is 2.40. The number of benzene rings is 1. The highest BCUT2D eigenvalue weighted by Crippen LogP contribution is 2.48. The molecule has 2 N–H and O–H groups in total. The summed E-state index contributed by atoms with van der Waals surface area (Å²) in [6.45, 7) is 5.37. The number of rotatable bonds is 14. The van der Waals surface area contributed by atoms with Crippen LogP contribution in [0.1, 0.15) is 93.6 Å². The van der Waals surface area contributed by atoms with E-state index in [4.69, 9.17) is 14.2 Å². The molecule has 2 bridgehead atoms. The van der Waals surface area contributed by atoms with E-state index in [1.807, 2.05) is 19.1 Å². The van der Waals surface area contributed by atoms with Crippen LogP contribution in [0.15, 0.2) is 24.3 Å². The molecule has 1 aromatic heterocycles. The predicted molar refractivity (Wildman–Crippen MR) is 208 cm³/mol. The van der Waals surface area contributed by atoms with E-state index in [0.717, 1.165) is 43.6 Å². The summed E-state index contributed by atoms with van der Waals surface area (Å²) in [4.78, 5) is 89.1. The Bertz CT molecular complexity index is 1840. The molecule has 3 heterocycles. The molecule has 2 saturated heterocycles. The highest BCUT2D eigenvalue weighted by molar-refractivity contribution is 5.99. The molecule has 5 amide bonds. The molecule has 3 saturated carbocycles. The number of piperazine rings is 1. The van der Waals surface area contributed by atoms with Crippen molar-refractivity contribution in [3.63, 3.8) is 0 Å². The fourth-order valence-electron chi connectivity index (χ4n) is 9.10. The quantitative estimate of drug-likeness (QED) is 0.268. The van der Waals surface area contributed by atoms with E-state index >= 15 is 0 Å². The highest BCUT2D eigenvalue weighted by atomic mass is 16.6. The van der Waals surface area contributed by atoms with E-state index in [0.29, 0.717) is 42.3 Å². The maximum Gasteiger partial charge on any atom is 0.409 e. The van der Waals surface area contributed by atoms with Gasteiger partial charge < -0.3 is 39.5 Å². The van der Waals surface area contributed by atoms with Gasteiger partial charge in [0, 0.05) is 56.6 Å². The minimum atomic E-state index is -1.08. The number of likely N-dealkylation sites (tertiary alicyclic amines) is 1. The zero-order valence-electron chi connectivity index (χ0n) is 33.2. The van der Waals surface area contributed by atoms with Gasteiger partial charge in [0.05, 0.1) is 18.7 Å². The van der Waals surface area contributed by atoms with Gasteiger partial charge in [0.1, 0.15) is 23.5 Å². The maximum absolute atomic E-state index is 14.0. The lowest BCUT2D eigenvalue weighted by atomic mass is 9.89. The van der Waals surface area contributed by atoms with Crippen LogP contribution in [0.5, 0.6) is 5.75 Å². The number of aromatic nitrogens is 1. The lowest BCUT2D eigenvalue weighted by Gasteiger charge is -2.36. The van der Waals surface area contributed by atoms with Crippen molar-refractivity contribution in [2.24, 2.45) is 17.8 Å². The van der Waals surface area contributed by atoms with Crippen molar-refractivity contribution in [1.29, 1.82) is 0 Å². The summed E-state index contributed by atoms with van der Waals surface area (Å²) in [5.74, 6) is 0.0596. The number of carbonyl (C=O) groups excluding carboxylic acids is 6. The molecular formula is C42H56N6O9. The van der Waals surface area contributed by atoms with Crippen LogP contribution < -0.4 is 15.4 Å². The molecule has 0 radical (unpaired) electrons. The third kappa shape index (κ3) is 9.61. The predicted octanol–water partition coefficient (Wildman–Crippen LogP) is 3.74. The monoisotopic (exact) mass is 788 g/mol. The van der Waals surface area contributed by atoms with Crippen LogP contribution in [0.4, 0.5) is 4.79 Å². The first-order valence-corrected chi connectivity index (χ1v) is 20.9. The van der Waals surface area contributed by atoms with Crippen molar-refractivity contribution in [2.45, 2.75) is 103 Å². The number of ether oxygens (including phenoxy) is 3.